The van der Waals surface area contributed by atoms with Crippen LogP contribution in [-0.4, -0.2) is 19.5 Å². The number of halogens is 1. The third kappa shape index (κ3) is 2.29. The zero-order chi connectivity index (χ0) is 13.2. The predicted molar refractivity (Wildman–Crippen MR) is 73.3 cm³/mol. The summed E-state index contributed by atoms with van der Waals surface area (Å²) in [5.41, 5.74) is 2.30. The maximum atomic E-state index is 10.8. The molecule has 3 rings (SSSR count). The van der Waals surface area contributed by atoms with Crippen LogP contribution in [0.25, 0.3) is 11.1 Å². The fourth-order valence-electron chi connectivity index (χ4n) is 2.05. The van der Waals surface area contributed by atoms with Crippen molar-refractivity contribution < 1.29 is 14.3 Å². The third-order valence-corrected chi connectivity index (χ3v) is 3.31. The second-order valence-corrected chi connectivity index (χ2v) is 4.62. The first-order chi connectivity index (χ1) is 9.28. The molecule has 0 N–H and O–H groups in total. The van der Waals surface area contributed by atoms with Gasteiger partial charge in [-0.05, 0) is 29.8 Å². The van der Waals surface area contributed by atoms with Crippen molar-refractivity contribution in [3.63, 3.8) is 0 Å². The minimum absolute atomic E-state index is 0.540. The van der Waals surface area contributed by atoms with E-state index in [9.17, 15) is 4.79 Å². The zero-order valence-corrected chi connectivity index (χ0v) is 10.8. The fourth-order valence-corrected chi connectivity index (χ4v) is 2.27. The molecule has 0 bridgehead atoms. The van der Waals surface area contributed by atoms with Crippen molar-refractivity contribution in [3.05, 3.63) is 47.0 Å². The van der Waals surface area contributed by atoms with Gasteiger partial charge in [-0.15, -0.1) is 0 Å². The van der Waals surface area contributed by atoms with Crippen LogP contribution in [0.5, 0.6) is 11.5 Å². The molecule has 0 amide bonds. The molecule has 4 heteroatoms. The van der Waals surface area contributed by atoms with Crippen molar-refractivity contribution >= 4 is 17.9 Å². The number of benzene rings is 2. The summed E-state index contributed by atoms with van der Waals surface area (Å²) in [4.78, 5) is 10.8. The van der Waals surface area contributed by atoms with Gasteiger partial charge in [-0.2, -0.15) is 0 Å². The number of rotatable bonds is 2. The SMILES string of the molecule is O=Cc1ccc(Cl)c(-c2ccc3c(c2)OCCO3)c1. The van der Waals surface area contributed by atoms with Crippen molar-refractivity contribution in [1.82, 2.24) is 0 Å². The molecular weight excluding hydrogens is 264 g/mol. The van der Waals surface area contributed by atoms with Crippen LogP contribution in [0.2, 0.25) is 5.02 Å². The molecule has 0 fully saturated rings. The van der Waals surface area contributed by atoms with Crippen LogP contribution in [-0.2, 0) is 0 Å². The smallest absolute Gasteiger partial charge is 0.161 e. The molecule has 19 heavy (non-hydrogen) atoms. The molecule has 1 aliphatic rings. The van der Waals surface area contributed by atoms with Crippen molar-refractivity contribution in [2.24, 2.45) is 0 Å². The molecule has 0 atom stereocenters. The normalized spacial score (nSPS) is 13.1. The van der Waals surface area contributed by atoms with Gasteiger partial charge in [0.1, 0.15) is 19.5 Å². The highest BCUT2D eigenvalue weighted by molar-refractivity contribution is 6.33. The molecule has 0 spiro atoms. The predicted octanol–water partition coefficient (Wildman–Crippen LogP) is 3.59. The van der Waals surface area contributed by atoms with Gasteiger partial charge in [0, 0.05) is 16.1 Å². The van der Waals surface area contributed by atoms with E-state index >= 15 is 0 Å². The average molecular weight is 275 g/mol. The Morgan fingerprint density at radius 2 is 1.79 bits per heavy atom. The zero-order valence-electron chi connectivity index (χ0n) is 10.1. The first kappa shape index (κ1) is 12.1. The lowest BCUT2D eigenvalue weighted by atomic mass is 10.0. The molecule has 2 aromatic rings. The average Bonchev–Trinajstić information content (AvgIpc) is 2.47. The van der Waals surface area contributed by atoms with Crippen LogP contribution < -0.4 is 9.47 Å². The van der Waals surface area contributed by atoms with Crippen LogP contribution in [0.15, 0.2) is 36.4 Å². The Bertz CT molecular complexity index is 637. The molecular formula is C15H11ClO3. The Balaban J connectivity index is 2.09. The van der Waals surface area contributed by atoms with Crippen molar-refractivity contribution in [1.29, 1.82) is 0 Å². The Labute approximate surface area is 115 Å². The van der Waals surface area contributed by atoms with Crippen LogP contribution >= 0.6 is 11.6 Å². The van der Waals surface area contributed by atoms with Crippen molar-refractivity contribution in [2.75, 3.05) is 13.2 Å². The number of hydrogen-bond acceptors (Lipinski definition) is 3. The standard InChI is InChI=1S/C15H11ClO3/c16-13-3-1-10(9-17)7-12(13)11-2-4-14-15(8-11)19-6-5-18-14/h1-4,7-9H,5-6H2. The minimum atomic E-state index is 0.540. The first-order valence-corrected chi connectivity index (χ1v) is 6.30. The van der Waals surface area contributed by atoms with E-state index in [-0.39, 0.29) is 0 Å². The number of carbonyl (C=O) groups excluding carboxylic acids is 1. The second-order valence-electron chi connectivity index (χ2n) is 4.22. The third-order valence-electron chi connectivity index (χ3n) is 2.98. The van der Waals surface area contributed by atoms with Gasteiger partial charge in [-0.1, -0.05) is 23.7 Å². The minimum Gasteiger partial charge on any atom is -0.486 e. The number of fused-ring (bicyclic) bond motifs is 1. The molecule has 2 aromatic carbocycles. The second kappa shape index (κ2) is 4.94. The van der Waals surface area contributed by atoms with E-state index in [1.165, 1.54) is 0 Å². The summed E-state index contributed by atoms with van der Waals surface area (Å²) < 4.78 is 11.0. The summed E-state index contributed by atoms with van der Waals surface area (Å²) in [6, 6.07) is 10.8. The largest absolute Gasteiger partial charge is 0.486 e. The highest BCUT2D eigenvalue weighted by atomic mass is 35.5. The van der Waals surface area contributed by atoms with Gasteiger partial charge >= 0.3 is 0 Å². The maximum absolute atomic E-state index is 10.8. The van der Waals surface area contributed by atoms with Gasteiger partial charge in [0.05, 0.1) is 0 Å². The summed E-state index contributed by atoms with van der Waals surface area (Å²) in [6.45, 7) is 1.10. The van der Waals surface area contributed by atoms with Gasteiger partial charge in [0.25, 0.3) is 0 Å². The Morgan fingerprint density at radius 1 is 1.00 bits per heavy atom. The molecule has 0 aromatic heterocycles. The number of aldehydes is 1. The molecule has 1 aliphatic heterocycles. The van der Waals surface area contributed by atoms with Gasteiger partial charge in [0.15, 0.2) is 11.5 Å². The van der Waals surface area contributed by atoms with Crippen LogP contribution in [0.1, 0.15) is 10.4 Å². The number of ether oxygens (including phenoxy) is 2. The van der Waals surface area contributed by atoms with Gasteiger partial charge in [-0.3, -0.25) is 4.79 Å². The van der Waals surface area contributed by atoms with Crippen molar-refractivity contribution in [2.45, 2.75) is 0 Å². The van der Waals surface area contributed by atoms with E-state index < -0.39 is 0 Å². The summed E-state index contributed by atoms with van der Waals surface area (Å²) in [6.07, 6.45) is 0.803. The van der Waals surface area contributed by atoms with E-state index in [1.807, 2.05) is 18.2 Å². The lowest BCUT2D eigenvalue weighted by molar-refractivity contribution is 0.112. The van der Waals surface area contributed by atoms with Crippen molar-refractivity contribution in [3.8, 4) is 22.6 Å². The van der Waals surface area contributed by atoms with E-state index in [2.05, 4.69) is 0 Å². The molecule has 0 aliphatic carbocycles. The molecule has 1 heterocycles. The molecule has 0 saturated carbocycles. The summed E-state index contributed by atoms with van der Waals surface area (Å²) >= 11 is 6.18. The summed E-state index contributed by atoms with van der Waals surface area (Å²) in [7, 11) is 0. The topological polar surface area (TPSA) is 35.5 Å². The number of hydrogen-bond donors (Lipinski definition) is 0. The van der Waals surface area contributed by atoms with Gasteiger partial charge < -0.3 is 9.47 Å². The lowest BCUT2D eigenvalue weighted by Crippen LogP contribution is -2.15. The first-order valence-electron chi connectivity index (χ1n) is 5.93. The molecule has 0 saturated heterocycles. The van der Waals surface area contributed by atoms with Gasteiger partial charge in [-0.25, -0.2) is 0 Å². The Kier molecular flexibility index (Phi) is 3.13. The molecule has 3 nitrogen and oxygen atoms in total. The van der Waals surface area contributed by atoms with E-state index in [0.29, 0.717) is 29.5 Å². The molecule has 96 valence electrons. The molecule has 0 unspecified atom stereocenters. The van der Waals surface area contributed by atoms with E-state index in [1.54, 1.807) is 18.2 Å². The summed E-state index contributed by atoms with van der Waals surface area (Å²) in [5, 5.41) is 0.599. The quantitative estimate of drug-likeness (QED) is 0.785. The monoisotopic (exact) mass is 274 g/mol. The Morgan fingerprint density at radius 3 is 2.58 bits per heavy atom. The highest BCUT2D eigenvalue weighted by Gasteiger charge is 2.13. The number of carbonyl (C=O) groups is 1. The van der Waals surface area contributed by atoms with E-state index in [4.69, 9.17) is 21.1 Å². The highest BCUT2D eigenvalue weighted by Crippen LogP contribution is 2.36. The van der Waals surface area contributed by atoms with Crippen LogP contribution in [0.3, 0.4) is 0 Å². The fraction of sp³-hybridized carbons (Fsp3) is 0.133. The van der Waals surface area contributed by atoms with Crippen LogP contribution in [0, 0.1) is 0 Å². The maximum Gasteiger partial charge on any atom is 0.161 e. The summed E-state index contributed by atoms with van der Waals surface area (Å²) in [5.74, 6) is 1.44. The lowest BCUT2D eigenvalue weighted by Gasteiger charge is -2.19. The van der Waals surface area contributed by atoms with E-state index in [0.717, 1.165) is 23.2 Å². The van der Waals surface area contributed by atoms with Crippen LogP contribution in [0.4, 0.5) is 0 Å². The Hall–Kier alpha value is -2.00. The van der Waals surface area contributed by atoms with Gasteiger partial charge in [0.2, 0.25) is 0 Å². The molecule has 0 radical (unpaired) electrons.